The van der Waals surface area contributed by atoms with Crippen molar-refractivity contribution in [2.75, 3.05) is 13.2 Å². The second-order valence-corrected chi connectivity index (χ2v) is 9.34. The Bertz CT molecular complexity index is 491. The van der Waals surface area contributed by atoms with Crippen molar-refractivity contribution < 1.29 is 4.74 Å². The molecule has 192 valence electrons. The van der Waals surface area contributed by atoms with Crippen LogP contribution in [0.4, 0.5) is 0 Å². The molecule has 0 aliphatic carbocycles. The van der Waals surface area contributed by atoms with Gasteiger partial charge >= 0.3 is 0 Å². The van der Waals surface area contributed by atoms with Gasteiger partial charge in [0.05, 0.1) is 0 Å². The lowest BCUT2D eigenvalue weighted by atomic mass is 10.1. The van der Waals surface area contributed by atoms with Gasteiger partial charge in [-0.2, -0.15) is 0 Å². The number of aromatic nitrogens is 1. The van der Waals surface area contributed by atoms with Crippen LogP contribution in [0.2, 0.25) is 0 Å². The zero-order chi connectivity index (χ0) is 24.1. The lowest BCUT2D eigenvalue weighted by molar-refractivity contribution is 0.125. The molecule has 33 heavy (non-hydrogen) atoms. The summed E-state index contributed by atoms with van der Waals surface area (Å²) >= 11 is 0. The van der Waals surface area contributed by atoms with Gasteiger partial charge in [-0.1, -0.05) is 142 Å². The molecular weight excluding hydrogens is 406 g/mol. The fraction of sp³-hybridized carbons (Fsp3) is 0.800. The molecule has 0 radical (unpaired) electrons. The topological polar surface area (TPSA) is 39.2 Å². The molecule has 0 aromatic carbocycles. The first-order valence-corrected chi connectivity index (χ1v) is 14.3. The Morgan fingerprint density at radius 1 is 0.545 bits per heavy atom. The highest BCUT2D eigenvalue weighted by Crippen LogP contribution is 2.12. The standard InChI is InChI=1S/C24H50O.C6H5NO/c1-3-5-7-9-11-13-15-17-19-21-23-25-24-22-20-18-16-14-12-10-8-6-4-2;8-6-4-2-1-3-5-7-6/h3-24H2,1-2H3;1-5H. The van der Waals surface area contributed by atoms with E-state index >= 15 is 0 Å². The van der Waals surface area contributed by atoms with E-state index in [0.29, 0.717) is 0 Å². The van der Waals surface area contributed by atoms with Crippen molar-refractivity contribution in [3.05, 3.63) is 40.8 Å². The number of unbranched alkanes of at least 4 members (excludes halogenated alkanes) is 18. The first-order chi connectivity index (χ1) is 16.3. The molecule has 0 amide bonds. The van der Waals surface area contributed by atoms with E-state index < -0.39 is 0 Å². The van der Waals surface area contributed by atoms with Gasteiger partial charge < -0.3 is 4.74 Å². The minimum atomic E-state index is -0.199. The van der Waals surface area contributed by atoms with E-state index in [-0.39, 0.29) is 5.56 Å². The molecule has 1 aromatic rings. The quantitative estimate of drug-likeness (QED) is 0.161. The van der Waals surface area contributed by atoms with Crippen LogP contribution in [0.3, 0.4) is 0 Å². The Labute approximate surface area is 206 Å². The highest BCUT2D eigenvalue weighted by atomic mass is 16.5. The minimum absolute atomic E-state index is 0.199. The van der Waals surface area contributed by atoms with Crippen LogP contribution in [-0.2, 0) is 4.74 Å². The van der Waals surface area contributed by atoms with Crippen LogP contribution >= 0.6 is 0 Å². The maximum Gasteiger partial charge on any atom is 0.269 e. The van der Waals surface area contributed by atoms with Crippen LogP contribution in [0.5, 0.6) is 0 Å². The molecule has 1 aromatic heterocycles. The minimum Gasteiger partial charge on any atom is -0.381 e. The summed E-state index contributed by atoms with van der Waals surface area (Å²) in [5.74, 6) is 0. The van der Waals surface area contributed by atoms with Crippen LogP contribution in [0, 0.1) is 0 Å². The molecule has 0 saturated heterocycles. The van der Waals surface area contributed by atoms with E-state index in [0.717, 1.165) is 13.2 Å². The fourth-order valence-electron chi connectivity index (χ4n) is 3.90. The van der Waals surface area contributed by atoms with Crippen molar-refractivity contribution >= 4 is 0 Å². The summed E-state index contributed by atoms with van der Waals surface area (Å²) in [6, 6.07) is 6.55. The van der Waals surface area contributed by atoms with Crippen molar-refractivity contribution in [1.82, 2.24) is 4.98 Å². The highest BCUT2D eigenvalue weighted by Gasteiger charge is 1.95. The number of nitrogens with zero attached hydrogens (tertiary/aromatic N) is 1. The largest absolute Gasteiger partial charge is 0.381 e. The summed E-state index contributed by atoms with van der Waals surface area (Å²) in [4.78, 5) is 13.8. The summed E-state index contributed by atoms with van der Waals surface area (Å²) < 4.78 is 5.78. The van der Waals surface area contributed by atoms with Crippen molar-refractivity contribution in [3.63, 3.8) is 0 Å². The summed E-state index contributed by atoms with van der Waals surface area (Å²) in [5, 5.41) is 0. The molecule has 0 bridgehead atoms. The monoisotopic (exact) mass is 461 g/mol. The summed E-state index contributed by atoms with van der Waals surface area (Å²) in [6.07, 6.45) is 29.6. The third-order valence-corrected chi connectivity index (χ3v) is 6.03. The first-order valence-electron chi connectivity index (χ1n) is 14.3. The van der Waals surface area contributed by atoms with Gasteiger partial charge in [0.1, 0.15) is 0 Å². The van der Waals surface area contributed by atoms with Crippen molar-refractivity contribution in [3.8, 4) is 0 Å². The smallest absolute Gasteiger partial charge is 0.269 e. The molecule has 0 saturated carbocycles. The summed E-state index contributed by atoms with van der Waals surface area (Å²) in [6.45, 7) is 6.57. The summed E-state index contributed by atoms with van der Waals surface area (Å²) in [5.41, 5.74) is -0.199. The zero-order valence-corrected chi connectivity index (χ0v) is 22.2. The second-order valence-electron chi connectivity index (χ2n) is 9.34. The zero-order valence-electron chi connectivity index (χ0n) is 22.2. The van der Waals surface area contributed by atoms with Gasteiger partial charge in [-0.15, -0.1) is 0 Å². The van der Waals surface area contributed by atoms with Gasteiger partial charge in [0.2, 0.25) is 0 Å². The van der Waals surface area contributed by atoms with E-state index in [1.807, 2.05) is 0 Å². The van der Waals surface area contributed by atoms with E-state index in [4.69, 9.17) is 4.74 Å². The Hall–Kier alpha value is -1.22. The maximum atomic E-state index is 10.4. The fourth-order valence-corrected chi connectivity index (χ4v) is 3.90. The predicted molar refractivity (Wildman–Crippen MR) is 145 cm³/mol. The van der Waals surface area contributed by atoms with Crippen LogP contribution in [-0.4, -0.2) is 18.2 Å². The number of ether oxygens (including phenoxy) is 1. The van der Waals surface area contributed by atoms with Gasteiger partial charge in [-0.25, -0.2) is 4.98 Å². The predicted octanol–water partition coefficient (Wildman–Crippen LogP) is 9.29. The van der Waals surface area contributed by atoms with Gasteiger partial charge in [0.15, 0.2) is 0 Å². The Kier molecular flexibility index (Phi) is 27.7. The van der Waals surface area contributed by atoms with E-state index in [1.54, 1.807) is 18.2 Å². The Morgan fingerprint density at radius 2 is 0.939 bits per heavy atom. The maximum absolute atomic E-state index is 10.4. The number of rotatable bonds is 22. The van der Waals surface area contributed by atoms with Gasteiger partial charge in [-0.05, 0) is 18.9 Å². The molecule has 0 aliphatic heterocycles. The van der Waals surface area contributed by atoms with E-state index in [1.165, 1.54) is 141 Å². The van der Waals surface area contributed by atoms with Crippen LogP contribution in [0.1, 0.15) is 142 Å². The van der Waals surface area contributed by atoms with Crippen molar-refractivity contribution in [2.45, 2.75) is 142 Å². The molecule has 1 heterocycles. The normalized spacial score (nSPS) is 10.6. The molecule has 0 aliphatic rings. The average Bonchev–Trinajstić information content (AvgIpc) is 3.08. The molecule has 0 atom stereocenters. The van der Waals surface area contributed by atoms with E-state index in [2.05, 4.69) is 18.8 Å². The van der Waals surface area contributed by atoms with Crippen LogP contribution in [0.25, 0.3) is 0 Å². The molecule has 1 rings (SSSR count). The molecule has 0 unspecified atom stereocenters. The highest BCUT2D eigenvalue weighted by molar-refractivity contribution is 4.91. The lowest BCUT2D eigenvalue weighted by Crippen LogP contribution is -1.97. The van der Waals surface area contributed by atoms with E-state index in [9.17, 15) is 4.79 Å². The molecule has 0 fully saturated rings. The SMILES string of the molecule is CCCCCCCCCCCCOCCCCCCCCCCCC.O=c1cccccn1. The Morgan fingerprint density at radius 3 is 1.36 bits per heavy atom. The van der Waals surface area contributed by atoms with Crippen molar-refractivity contribution in [1.29, 1.82) is 0 Å². The summed E-state index contributed by atoms with van der Waals surface area (Å²) in [7, 11) is 0. The van der Waals surface area contributed by atoms with Gasteiger partial charge in [-0.3, -0.25) is 4.79 Å². The molecular formula is C30H55NO2. The molecule has 3 heteroatoms. The van der Waals surface area contributed by atoms with Gasteiger partial charge in [0.25, 0.3) is 5.56 Å². The van der Waals surface area contributed by atoms with Crippen LogP contribution < -0.4 is 5.56 Å². The third kappa shape index (κ3) is 28.7. The molecule has 0 N–H and O–H groups in total. The number of hydrogen-bond acceptors (Lipinski definition) is 3. The third-order valence-electron chi connectivity index (χ3n) is 6.03. The average molecular weight is 462 g/mol. The van der Waals surface area contributed by atoms with Gasteiger partial charge in [0, 0.05) is 25.5 Å². The lowest BCUT2D eigenvalue weighted by Gasteiger charge is -2.05. The van der Waals surface area contributed by atoms with Crippen LogP contribution in [0.15, 0.2) is 35.3 Å². The number of hydrogen-bond donors (Lipinski definition) is 0. The second kappa shape index (κ2) is 28.8. The van der Waals surface area contributed by atoms with Crippen molar-refractivity contribution in [2.24, 2.45) is 0 Å². The molecule has 3 nitrogen and oxygen atoms in total. The first kappa shape index (κ1) is 31.8. The Balaban J connectivity index is 0.00000106. The molecule has 0 spiro atoms.